The van der Waals surface area contributed by atoms with Crippen molar-refractivity contribution < 1.29 is 17.2 Å². The van der Waals surface area contributed by atoms with E-state index in [1.54, 1.807) is 0 Å². The summed E-state index contributed by atoms with van der Waals surface area (Å²) in [6, 6.07) is 2.35. The summed E-state index contributed by atoms with van der Waals surface area (Å²) in [6.45, 7) is 1.99. The molecule has 0 atom stereocenters. The second-order valence-electron chi connectivity index (χ2n) is 4.88. The highest BCUT2D eigenvalue weighted by Crippen LogP contribution is 2.14. The Labute approximate surface area is 128 Å². The molecule has 22 heavy (non-hydrogen) atoms. The minimum atomic E-state index is -4.01. The van der Waals surface area contributed by atoms with Gasteiger partial charge >= 0.3 is 0 Å². The monoisotopic (exact) mass is 332 g/mol. The maximum atomic E-state index is 13.5. The Balaban J connectivity index is 1.89. The minimum absolute atomic E-state index is 0.0615. The van der Waals surface area contributed by atoms with Crippen molar-refractivity contribution >= 4 is 16.0 Å². The normalized spacial score (nSPS) is 15.6. The predicted molar refractivity (Wildman–Crippen MR) is 79.1 cm³/mol. The Morgan fingerprint density at radius 2 is 2.09 bits per heavy atom. The van der Waals surface area contributed by atoms with E-state index >= 15 is 0 Å². The van der Waals surface area contributed by atoms with E-state index in [9.17, 15) is 17.2 Å². The van der Waals surface area contributed by atoms with Crippen LogP contribution in [-0.4, -0.2) is 52.5 Å². The average molecular weight is 332 g/mol. The number of guanidine groups is 1. The van der Waals surface area contributed by atoms with Crippen molar-refractivity contribution in [1.29, 1.82) is 0 Å². The van der Waals surface area contributed by atoms with Crippen molar-refractivity contribution in [2.45, 2.75) is 11.3 Å². The number of hydrogen-bond acceptors (Lipinski definition) is 5. The van der Waals surface area contributed by atoms with E-state index in [-0.39, 0.29) is 6.54 Å². The summed E-state index contributed by atoms with van der Waals surface area (Å²) < 4.78 is 52.4. The second kappa shape index (κ2) is 7.01. The van der Waals surface area contributed by atoms with Gasteiger partial charge in [-0.1, -0.05) is 0 Å². The van der Waals surface area contributed by atoms with Gasteiger partial charge in [0.05, 0.1) is 0 Å². The Morgan fingerprint density at radius 3 is 2.77 bits per heavy atom. The molecule has 122 valence electrons. The summed E-state index contributed by atoms with van der Waals surface area (Å²) in [5, 5.41) is 3.01. The molecular formula is C13H18F2N4O2S. The van der Waals surface area contributed by atoms with Gasteiger partial charge in [0, 0.05) is 39.3 Å². The molecule has 9 heteroatoms. The lowest BCUT2D eigenvalue weighted by molar-refractivity contribution is 0.446. The molecule has 0 spiro atoms. The van der Waals surface area contributed by atoms with Crippen LogP contribution in [-0.2, 0) is 10.0 Å². The van der Waals surface area contributed by atoms with E-state index in [2.05, 4.69) is 15.0 Å². The number of benzene rings is 1. The van der Waals surface area contributed by atoms with E-state index < -0.39 is 26.6 Å². The second-order valence-corrected chi connectivity index (χ2v) is 6.62. The van der Waals surface area contributed by atoms with Crippen molar-refractivity contribution in [3.63, 3.8) is 0 Å². The van der Waals surface area contributed by atoms with Gasteiger partial charge in [0.2, 0.25) is 10.0 Å². The molecule has 0 saturated carbocycles. The highest BCUT2D eigenvalue weighted by molar-refractivity contribution is 7.89. The van der Waals surface area contributed by atoms with E-state index in [1.165, 1.54) is 0 Å². The van der Waals surface area contributed by atoms with E-state index in [0.29, 0.717) is 18.6 Å². The lowest BCUT2D eigenvalue weighted by Gasteiger charge is -2.25. The Morgan fingerprint density at radius 1 is 1.32 bits per heavy atom. The quantitative estimate of drug-likeness (QED) is 0.771. The molecule has 0 bridgehead atoms. The molecule has 0 saturated heterocycles. The summed E-state index contributed by atoms with van der Waals surface area (Å²) in [6.07, 6.45) is 0.984. The van der Waals surface area contributed by atoms with Crippen molar-refractivity contribution in [3.05, 3.63) is 29.8 Å². The summed E-state index contributed by atoms with van der Waals surface area (Å²) >= 11 is 0. The van der Waals surface area contributed by atoms with E-state index in [1.807, 2.05) is 11.9 Å². The molecule has 0 fully saturated rings. The minimum Gasteiger partial charge on any atom is -0.355 e. The van der Waals surface area contributed by atoms with Gasteiger partial charge in [-0.15, -0.1) is 0 Å². The molecule has 1 aliphatic rings. The number of nitrogens with one attached hydrogen (secondary N) is 2. The van der Waals surface area contributed by atoms with Gasteiger partial charge in [0.25, 0.3) is 0 Å². The van der Waals surface area contributed by atoms with Crippen LogP contribution in [0, 0.1) is 11.6 Å². The first kappa shape index (κ1) is 16.6. The molecule has 1 aromatic carbocycles. The molecule has 1 aromatic rings. The molecule has 1 heterocycles. The van der Waals surface area contributed by atoms with Crippen LogP contribution >= 0.6 is 0 Å². The molecule has 6 nitrogen and oxygen atoms in total. The maximum Gasteiger partial charge on any atom is 0.243 e. The number of aliphatic imine (C=N–C) groups is 1. The number of hydrogen-bond donors (Lipinski definition) is 2. The molecule has 2 N–H and O–H groups in total. The van der Waals surface area contributed by atoms with Gasteiger partial charge in [0.15, 0.2) is 5.96 Å². The first-order chi connectivity index (χ1) is 10.4. The summed E-state index contributed by atoms with van der Waals surface area (Å²) in [5.74, 6) is -1.23. The van der Waals surface area contributed by atoms with Crippen LogP contribution in [0.15, 0.2) is 28.1 Å². The first-order valence-electron chi connectivity index (χ1n) is 6.84. The van der Waals surface area contributed by atoms with Gasteiger partial charge in [-0.05, 0) is 18.6 Å². The third-order valence-corrected chi connectivity index (χ3v) is 4.65. The maximum absolute atomic E-state index is 13.5. The lowest BCUT2D eigenvalue weighted by atomic mass is 10.3. The van der Waals surface area contributed by atoms with Gasteiger partial charge in [-0.25, -0.2) is 21.9 Å². The number of sulfonamides is 1. The predicted octanol–water partition coefficient (Wildman–Crippen LogP) is 0.524. The van der Waals surface area contributed by atoms with Crippen LogP contribution in [0.2, 0.25) is 0 Å². The molecule has 0 aromatic heterocycles. The summed E-state index contributed by atoms with van der Waals surface area (Å²) in [4.78, 5) is 5.65. The molecule has 0 amide bonds. The molecule has 1 aliphatic heterocycles. The van der Waals surface area contributed by atoms with Crippen LogP contribution < -0.4 is 10.0 Å². The summed E-state index contributed by atoms with van der Waals surface area (Å²) in [7, 11) is -2.12. The third-order valence-electron chi connectivity index (χ3n) is 3.16. The van der Waals surface area contributed by atoms with Crippen molar-refractivity contribution in [2.75, 3.05) is 33.2 Å². The molecule has 0 radical (unpaired) electrons. The van der Waals surface area contributed by atoms with Gasteiger partial charge in [0.1, 0.15) is 16.5 Å². The van der Waals surface area contributed by atoms with Gasteiger partial charge < -0.3 is 10.2 Å². The van der Waals surface area contributed by atoms with Crippen LogP contribution in [0.3, 0.4) is 0 Å². The zero-order valence-electron chi connectivity index (χ0n) is 12.1. The molecular weight excluding hydrogens is 314 g/mol. The van der Waals surface area contributed by atoms with Gasteiger partial charge in [-0.3, -0.25) is 4.99 Å². The van der Waals surface area contributed by atoms with Crippen molar-refractivity contribution in [2.24, 2.45) is 4.99 Å². The van der Waals surface area contributed by atoms with Gasteiger partial charge in [-0.2, -0.15) is 0 Å². The highest BCUT2D eigenvalue weighted by atomic mass is 32.2. The van der Waals surface area contributed by atoms with Crippen LogP contribution in [0.1, 0.15) is 6.42 Å². The smallest absolute Gasteiger partial charge is 0.243 e. The van der Waals surface area contributed by atoms with E-state index in [4.69, 9.17) is 0 Å². The fourth-order valence-electron chi connectivity index (χ4n) is 2.04. The SMILES string of the molecule is CN1CCCN=C1NCCNS(=O)(=O)c1ccc(F)cc1F. The zero-order valence-corrected chi connectivity index (χ0v) is 13.0. The highest BCUT2D eigenvalue weighted by Gasteiger charge is 2.19. The fraction of sp³-hybridized carbons (Fsp3) is 0.462. The number of halogens is 2. The number of nitrogens with zero attached hydrogens (tertiary/aromatic N) is 2. The Bertz CT molecular complexity index is 664. The van der Waals surface area contributed by atoms with E-state index in [0.717, 1.165) is 31.6 Å². The molecule has 0 aliphatic carbocycles. The standard InChI is InChI=1S/C13H18F2N4O2S/c1-19-8-2-5-16-13(19)17-6-7-18-22(20,21)12-4-3-10(14)9-11(12)15/h3-4,9,18H,2,5-8H2,1H3,(H,16,17). The fourth-order valence-corrected chi connectivity index (χ4v) is 3.13. The number of rotatable bonds is 5. The molecule has 0 unspecified atom stereocenters. The van der Waals surface area contributed by atoms with Crippen LogP contribution in [0.25, 0.3) is 0 Å². The van der Waals surface area contributed by atoms with Crippen molar-refractivity contribution in [1.82, 2.24) is 14.9 Å². The first-order valence-corrected chi connectivity index (χ1v) is 8.32. The third kappa shape index (κ3) is 4.14. The topological polar surface area (TPSA) is 73.8 Å². The van der Waals surface area contributed by atoms with Crippen LogP contribution in [0.4, 0.5) is 8.78 Å². The van der Waals surface area contributed by atoms with Crippen LogP contribution in [0.5, 0.6) is 0 Å². The van der Waals surface area contributed by atoms with Crippen molar-refractivity contribution in [3.8, 4) is 0 Å². The Hall–Kier alpha value is -1.74. The largest absolute Gasteiger partial charge is 0.355 e. The lowest BCUT2D eigenvalue weighted by Crippen LogP contribution is -2.44. The zero-order chi connectivity index (χ0) is 16.2. The summed E-state index contributed by atoms with van der Waals surface area (Å²) in [5.41, 5.74) is 0. The molecule has 2 rings (SSSR count). The Kier molecular flexibility index (Phi) is 5.30. The average Bonchev–Trinajstić information content (AvgIpc) is 2.45.